The van der Waals surface area contributed by atoms with Gasteiger partial charge in [-0.1, -0.05) is 55.0 Å². The Morgan fingerprint density at radius 3 is 2.24 bits per heavy atom. The Balaban J connectivity index is 2.11. The van der Waals surface area contributed by atoms with Gasteiger partial charge < -0.3 is 11.5 Å². The second kappa shape index (κ2) is 6.25. The predicted molar refractivity (Wildman–Crippen MR) is 91.3 cm³/mol. The van der Waals surface area contributed by atoms with E-state index in [2.05, 4.69) is 54.6 Å². The zero-order valence-corrected chi connectivity index (χ0v) is 12.3. The van der Waals surface area contributed by atoms with Gasteiger partial charge in [-0.25, -0.2) is 0 Å². The Bertz CT molecular complexity index is 749. The molecule has 3 aromatic rings. The largest absolute Gasteiger partial charge is 0.330 e. The van der Waals surface area contributed by atoms with E-state index in [1.54, 1.807) is 0 Å². The van der Waals surface area contributed by atoms with Crippen LogP contribution in [0, 0.1) is 0 Å². The fourth-order valence-electron chi connectivity index (χ4n) is 3.05. The molecule has 0 aromatic heterocycles. The Labute approximate surface area is 125 Å². The number of fused-ring (bicyclic) bond motifs is 3. The van der Waals surface area contributed by atoms with Gasteiger partial charge in [-0.3, -0.25) is 0 Å². The topological polar surface area (TPSA) is 52.0 Å². The first-order valence-electron chi connectivity index (χ1n) is 7.67. The van der Waals surface area contributed by atoms with Gasteiger partial charge in [0, 0.05) is 6.04 Å². The summed E-state index contributed by atoms with van der Waals surface area (Å²) in [4.78, 5) is 0. The lowest BCUT2D eigenvalue weighted by Gasteiger charge is -2.16. The van der Waals surface area contributed by atoms with E-state index in [0.717, 1.165) is 25.8 Å². The van der Waals surface area contributed by atoms with Crippen LogP contribution in [0.3, 0.4) is 0 Å². The Morgan fingerprint density at radius 2 is 1.48 bits per heavy atom. The van der Waals surface area contributed by atoms with E-state index in [4.69, 9.17) is 11.5 Å². The number of hydrogen-bond acceptors (Lipinski definition) is 2. The van der Waals surface area contributed by atoms with Gasteiger partial charge in [0.1, 0.15) is 0 Å². The van der Waals surface area contributed by atoms with Crippen LogP contribution in [-0.4, -0.2) is 6.54 Å². The smallest absolute Gasteiger partial charge is 0.0301 e. The number of rotatable bonds is 5. The van der Waals surface area contributed by atoms with Crippen LogP contribution in [0.25, 0.3) is 21.5 Å². The first-order valence-corrected chi connectivity index (χ1v) is 7.67. The van der Waals surface area contributed by atoms with Gasteiger partial charge >= 0.3 is 0 Å². The summed E-state index contributed by atoms with van der Waals surface area (Å²) < 4.78 is 0. The maximum atomic E-state index is 6.45. The fraction of sp³-hybridized carbons (Fsp3) is 0.263. The molecule has 0 radical (unpaired) electrons. The highest BCUT2D eigenvalue weighted by Crippen LogP contribution is 2.32. The molecule has 0 saturated heterocycles. The van der Waals surface area contributed by atoms with Crippen molar-refractivity contribution < 1.29 is 0 Å². The van der Waals surface area contributed by atoms with E-state index in [9.17, 15) is 0 Å². The second-order valence-electron chi connectivity index (χ2n) is 5.62. The summed E-state index contributed by atoms with van der Waals surface area (Å²) in [6.07, 6.45) is 3.11. The minimum absolute atomic E-state index is 0.0751. The van der Waals surface area contributed by atoms with Gasteiger partial charge in [-0.05, 0) is 52.6 Å². The van der Waals surface area contributed by atoms with Crippen LogP contribution < -0.4 is 11.5 Å². The molecule has 3 aromatic carbocycles. The lowest BCUT2D eigenvalue weighted by atomic mass is 9.92. The molecule has 0 aliphatic carbocycles. The average Bonchev–Trinajstić information content (AvgIpc) is 2.54. The van der Waals surface area contributed by atoms with Gasteiger partial charge in [0.05, 0.1) is 0 Å². The van der Waals surface area contributed by atoms with Crippen molar-refractivity contribution in [1.82, 2.24) is 0 Å². The summed E-state index contributed by atoms with van der Waals surface area (Å²) in [6.45, 7) is 0.741. The third kappa shape index (κ3) is 2.78. The quantitative estimate of drug-likeness (QED) is 0.545. The first-order chi connectivity index (χ1) is 10.3. The first kappa shape index (κ1) is 14.1. The molecular weight excluding hydrogens is 256 g/mol. The van der Waals surface area contributed by atoms with E-state index in [1.807, 2.05) is 0 Å². The van der Waals surface area contributed by atoms with Crippen molar-refractivity contribution in [3.63, 3.8) is 0 Å². The normalized spacial score (nSPS) is 12.9. The van der Waals surface area contributed by atoms with Crippen LogP contribution in [0.1, 0.15) is 30.9 Å². The molecule has 3 rings (SSSR count). The van der Waals surface area contributed by atoms with Crippen molar-refractivity contribution in [1.29, 1.82) is 0 Å². The summed E-state index contributed by atoms with van der Waals surface area (Å²) >= 11 is 0. The molecule has 0 spiro atoms. The van der Waals surface area contributed by atoms with Crippen molar-refractivity contribution in [3.8, 4) is 0 Å². The zero-order valence-electron chi connectivity index (χ0n) is 12.3. The van der Waals surface area contributed by atoms with E-state index >= 15 is 0 Å². The van der Waals surface area contributed by atoms with Crippen LogP contribution in [0.4, 0.5) is 0 Å². The van der Waals surface area contributed by atoms with Gasteiger partial charge in [-0.15, -0.1) is 0 Å². The molecule has 0 amide bonds. The SMILES string of the molecule is NCCCC[C@H](N)c1cc2ccccc2c2ccccc12. The molecule has 0 fully saturated rings. The number of unbranched alkanes of at least 4 members (excludes halogenated alkanes) is 1. The van der Waals surface area contributed by atoms with Gasteiger partial charge in [0.15, 0.2) is 0 Å². The highest BCUT2D eigenvalue weighted by Gasteiger charge is 2.12. The van der Waals surface area contributed by atoms with Crippen molar-refractivity contribution in [2.24, 2.45) is 11.5 Å². The Hall–Kier alpha value is -1.90. The maximum absolute atomic E-state index is 6.45. The molecule has 0 aliphatic rings. The monoisotopic (exact) mass is 278 g/mol. The van der Waals surface area contributed by atoms with E-state index in [0.29, 0.717) is 0 Å². The molecule has 1 atom stereocenters. The Kier molecular flexibility index (Phi) is 4.18. The molecule has 0 unspecified atom stereocenters. The van der Waals surface area contributed by atoms with E-state index < -0.39 is 0 Å². The average molecular weight is 278 g/mol. The Morgan fingerprint density at radius 1 is 0.810 bits per heavy atom. The highest BCUT2D eigenvalue weighted by molar-refractivity contribution is 6.09. The zero-order chi connectivity index (χ0) is 14.7. The second-order valence-corrected chi connectivity index (χ2v) is 5.62. The standard InChI is InChI=1S/C19H22N2/c20-12-6-5-11-19(21)18-13-14-7-1-2-8-15(14)16-9-3-4-10-17(16)18/h1-4,7-10,13,19H,5-6,11-12,20-21H2/t19-/m0/s1. The molecule has 0 bridgehead atoms. The third-order valence-electron chi connectivity index (χ3n) is 4.17. The lowest BCUT2D eigenvalue weighted by Crippen LogP contribution is -2.11. The number of nitrogens with two attached hydrogens (primary N) is 2. The summed E-state index contributed by atoms with van der Waals surface area (Å²) in [5.74, 6) is 0. The minimum atomic E-state index is 0.0751. The minimum Gasteiger partial charge on any atom is -0.330 e. The maximum Gasteiger partial charge on any atom is 0.0301 e. The molecule has 2 nitrogen and oxygen atoms in total. The third-order valence-corrected chi connectivity index (χ3v) is 4.17. The lowest BCUT2D eigenvalue weighted by molar-refractivity contribution is 0.594. The molecule has 2 heteroatoms. The molecular formula is C19H22N2. The van der Waals surface area contributed by atoms with Crippen LogP contribution in [0.5, 0.6) is 0 Å². The van der Waals surface area contributed by atoms with E-state index in [-0.39, 0.29) is 6.04 Å². The van der Waals surface area contributed by atoms with Crippen molar-refractivity contribution in [2.45, 2.75) is 25.3 Å². The highest BCUT2D eigenvalue weighted by atomic mass is 14.6. The van der Waals surface area contributed by atoms with Crippen LogP contribution in [0.2, 0.25) is 0 Å². The van der Waals surface area contributed by atoms with Crippen molar-refractivity contribution >= 4 is 21.5 Å². The fourth-order valence-corrected chi connectivity index (χ4v) is 3.05. The molecule has 0 heterocycles. The molecule has 21 heavy (non-hydrogen) atoms. The van der Waals surface area contributed by atoms with Crippen molar-refractivity contribution in [3.05, 3.63) is 60.2 Å². The summed E-state index contributed by atoms with van der Waals surface area (Å²) in [7, 11) is 0. The van der Waals surface area contributed by atoms with Crippen LogP contribution >= 0.6 is 0 Å². The number of benzene rings is 3. The summed E-state index contributed by atoms with van der Waals surface area (Å²) in [6, 6.07) is 19.4. The van der Waals surface area contributed by atoms with Gasteiger partial charge in [0.25, 0.3) is 0 Å². The van der Waals surface area contributed by atoms with Crippen LogP contribution in [-0.2, 0) is 0 Å². The predicted octanol–water partition coefficient (Wildman–Crippen LogP) is 4.12. The summed E-state index contributed by atoms with van der Waals surface area (Å²) in [5.41, 5.74) is 13.3. The molecule has 0 aliphatic heterocycles. The van der Waals surface area contributed by atoms with Crippen molar-refractivity contribution in [2.75, 3.05) is 6.54 Å². The van der Waals surface area contributed by atoms with Gasteiger partial charge in [0.2, 0.25) is 0 Å². The summed E-state index contributed by atoms with van der Waals surface area (Å²) in [5, 5.41) is 5.13. The van der Waals surface area contributed by atoms with Gasteiger partial charge in [-0.2, -0.15) is 0 Å². The van der Waals surface area contributed by atoms with E-state index in [1.165, 1.54) is 27.1 Å². The molecule has 0 saturated carbocycles. The van der Waals surface area contributed by atoms with Crippen LogP contribution in [0.15, 0.2) is 54.6 Å². The molecule has 108 valence electrons. The molecule has 4 N–H and O–H groups in total. The number of hydrogen-bond donors (Lipinski definition) is 2.